The van der Waals surface area contributed by atoms with E-state index in [1.165, 1.54) is 0 Å². The second-order valence-electron chi connectivity index (χ2n) is 4.31. The van der Waals surface area contributed by atoms with Crippen molar-refractivity contribution in [3.8, 4) is 0 Å². The smallest absolute Gasteiger partial charge is 0.309 e. The minimum atomic E-state index is -0.0732. The Morgan fingerprint density at radius 3 is 2.71 bits per heavy atom. The first kappa shape index (κ1) is 9.69. The van der Waals surface area contributed by atoms with Gasteiger partial charge in [-0.1, -0.05) is 0 Å². The van der Waals surface area contributed by atoms with Crippen LogP contribution in [0.3, 0.4) is 0 Å². The average molecular weight is 196 g/mol. The molecule has 14 heavy (non-hydrogen) atoms. The molecular weight excluding hydrogens is 180 g/mol. The summed E-state index contributed by atoms with van der Waals surface area (Å²) in [4.78, 5) is 22.7. The molecule has 0 spiro atoms. The largest absolute Gasteiger partial charge is 0.465 e. The van der Waals surface area contributed by atoms with Crippen LogP contribution in [0.25, 0.3) is 0 Å². The molecule has 2 rings (SSSR count). The molecule has 3 heteroatoms. The second-order valence-corrected chi connectivity index (χ2v) is 4.31. The number of carbonyl (C=O) groups excluding carboxylic acids is 2. The maximum atomic E-state index is 11.5. The fourth-order valence-corrected chi connectivity index (χ4v) is 2.53. The van der Waals surface area contributed by atoms with Gasteiger partial charge in [-0.15, -0.1) is 0 Å². The normalized spacial score (nSPS) is 34.0. The van der Waals surface area contributed by atoms with Gasteiger partial charge in [-0.25, -0.2) is 0 Å². The maximum absolute atomic E-state index is 11.5. The zero-order chi connectivity index (χ0) is 9.97. The number of ketones is 1. The number of ether oxygens (including phenoxy) is 1. The van der Waals surface area contributed by atoms with Crippen LogP contribution in [0.5, 0.6) is 0 Å². The second kappa shape index (κ2) is 4.11. The summed E-state index contributed by atoms with van der Waals surface area (Å²) in [6, 6.07) is 0. The van der Waals surface area contributed by atoms with E-state index in [0.717, 1.165) is 25.7 Å². The minimum Gasteiger partial charge on any atom is -0.465 e. The predicted molar refractivity (Wildman–Crippen MR) is 50.6 cm³/mol. The van der Waals surface area contributed by atoms with Crippen LogP contribution in [-0.4, -0.2) is 18.4 Å². The van der Waals surface area contributed by atoms with E-state index in [1.54, 1.807) is 0 Å². The summed E-state index contributed by atoms with van der Waals surface area (Å²) in [6.45, 7) is 0.565. The third-order valence-electron chi connectivity index (χ3n) is 3.30. The van der Waals surface area contributed by atoms with Gasteiger partial charge in [0.05, 0.1) is 12.5 Å². The molecule has 0 aromatic carbocycles. The quantitative estimate of drug-likeness (QED) is 0.599. The molecule has 2 aliphatic rings. The molecule has 0 aromatic rings. The van der Waals surface area contributed by atoms with Gasteiger partial charge < -0.3 is 4.74 Å². The molecule has 1 aliphatic carbocycles. The number of Topliss-reactive ketones (excluding diaryl/α,β-unsaturated/α-hetero) is 1. The van der Waals surface area contributed by atoms with Gasteiger partial charge in [-0.05, 0) is 31.6 Å². The van der Waals surface area contributed by atoms with Crippen LogP contribution in [-0.2, 0) is 14.3 Å². The predicted octanol–water partition coefficient (Wildman–Crippen LogP) is 1.70. The highest BCUT2D eigenvalue weighted by Gasteiger charge is 2.34. The molecular formula is C11H16O3. The summed E-state index contributed by atoms with van der Waals surface area (Å²) < 4.78 is 5.03. The van der Waals surface area contributed by atoms with Gasteiger partial charge in [0.2, 0.25) is 0 Å². The highest BCUT2D eigenvalue weighted by molar-refractivity contribution is 5.81. The molecule has 2 unspecified atom stereocenters. The molecule has 1 heterocycles. The van der Waals surface area contributed by atoms with Crippen molar-refractivity contribution in [2.24, 2.45) is 11.8 Å². The number of hydrogen-bond donors (Lipinski definition) is 0. The van der Waals surface area contributed by atoms with Gasteiger partial charge in [0.15, 0.2) is 0 Å². The highest BCUT2D eigenvalue weighted by Crippen LogP contribution is 2.33. The minimum absolute atomic E-state index is 0.00741. The van der Waals surface area contributed by atoms with E-state index in [1.807, 2.05) is 0 Å². The lowest BCUT2D eigenvalue weighted by Crippen LogP contribution is -2.33. The molecule has 0 N–H and O–H groups in total. The molecule has 0 aromatic heterocycles. The van der Waals surface area contributed by atoms with Crippen LogP contribution < -0.4 is 0 Å². The Bertz CT molecular complexity index is 247. The summed E-state index contributed by atoms with van der Waals surface area (Å²) in [5, 5.41) is 0. The van der Waals surface area contributed by atoms with Crippen LogP contribution in [0, 0.1) is 11.8 Å². The first-order valence-electron chi connectivity index (χ1n) is 5.45. The molecule has 0 radical (unpaired) electrons. The van der Waals surface area contributed by atoms with Gasteiger partial charge in [0, 0.05) is 12.8 Å². The van der Waals surface area contributed by atoms with Crippen LogP contribution in [0.1, 0.15) is 38.5 Å². The van der Waals surface area contributed by atoms with Crippen molar-refractivity contribution >= 4 is 11.8 Å². The van der Waals surface area contributed by atoms with Crippen molar-refractivity contribution < 1.29 is 14.3 Å². The van der Waals surface area contributed by atoms with Crippen LogP contribution in [0.15, 0.2) is 0 Å². The lowest BCUT2D eigenvalue weighted by Gasteiger charge is -2.30. The van der Waals surface area contributed by atoms with Crippen molar-refractivity contribution in [1.29, 1.82) is 0 Å². The van der Waals surface area contributed by atoms with Crippen molar-refractivity contribution in [1.82, 2.24) is 0 Å². The standard InChI is InChI=1S/C11H16O3/c12-9-4-1-3-8(7-9)10-5-2-6-14-11(10)13/h8,10H,1-7H2. The third-order valence-corrected chi connectivity index (χ3v) is 3.30. The molecule has 0 amide bonds. The molecule has 78 valence electrons. The van der Waals surface area contributed by atoms with E-state index < -0.39 is 0 Å². The van der Waals surface area contributed by atoms with E-state index >= 15 is 0 Å². The lowest BCUT2D eigenvalue weighted by atomic mass is 9.77. The molecule has 2 fully saturated rings. The Labute approximate surface area is 83.8 Å². The van der Waals surface area contributed by atoms with Crippen LogP contribution in [0.2, 0.25) is 0 Å². The number of cyclic esters (lactones) is 1. The van der Waals surface area contributed by atoms with Crippen LogP contribution >= 0.6 is 0 Å². The van der Waals surface area contributed by atoms with E-state index in [0.29, 0.717) is 25.2 Å². The van der Waals surface area contributed by atoms with Gasteiger partial charge in [0.1, 0.15) is 5.78 Å². The van der Waals surface area contributed by atoms with Crippen molar-refractivity contribution in [3.05, 3.63) is 0 Å². The zero-order valence-corrected chi connectivity index (χ0v) is 8.33. The third kappa shape index (κ3) is 1.97. The Kier molecular flexibility index (Phi) is 2.85. The van der Waals surface area contributed by atoms with Gasteiger partial charge in [0.25, 0.3) is 0 Å². The SMILES string of the molecule is O=C1CCCC(C2CCCOC2=O)C1. The monoisotopic (exact) mass is 196 g/mol. The van der Waals surface area contributed by atoms with E-state index in [4.69, 9.17) is 4.74 Å². The average Bonchev–Trinajstić information content (AvgIpc) is 2.18. The van der Waals surface area contributed by atoms with Crippen molar-refractivity contribution in [2.45, 2.75) is 38.5 Å². The van der Waals surface area contributed by atoms with E-state index in [2.05, 4.69) is 0 Å². The number of carbonyl (C=O) groups is 2. The molecule has 1 aliphatic heterocycles. The van der Waals surface area contributed by atoms with E-state index in [-0.39, 0.29) is 17.8 Å². The first-order chi connectivity index (χ1) is 6.77. The maximum Gasteiger partial charge on any atom is 0.309 e. The highest BCUT2D eigenvalue weighted by atomic mass is 16.5. The molecule has 1 saturated carbocycles. The topological polar surface area (TPSA) is 43.4 Å². The van der Waals surface area contributed by atoms with E-state index in [9.17, 15) is 9.59 Å². The molecule has 1 saturated heterocycles. The van der Waals surface area contributed by atoms with Crippen molar-refractivity contribution in [3.63, 3.8) is 0 Å². The van der Waals surface area contributed by atoms with Gasteiger partial charge in [-0.3, -0.25) is 9.59 Å². The fraction of sp³-hybridized carbons (Fsp3) is 0.818. The zero-order valence-electron chi connectivity index (χ0n) is 8.33. The number of esters is 1. The Morgan fingerprint density at radius 2 is 2.00 bits per heavy atom. The van der Waals surface area contributed by atoms with Gasteiger partial charge in [-0.2, -0.15) is 0 Å². The number of rotatable bonds is 1. The lowest BCUT2D eigenvalue weighted by molar-refractivity contribution is -0.156. The Balaban J connectivity index is 1.98. The summed E-state index contributed by atoms with van der Waals surface area (Å²) in [6.07, 6.45) is 5.15. The molecule has 0 bridgehead atoms. The fourth-order valence-electron chi connectivity index (χ4n) is 2.53. The summed E-state index contributed by atoms with van der Waals surface area (Å²) in [5.41, 5.74) is 0. The number of hydrogen-bond acceptors (Lipinski definition) is 3. The Morgan fingerprint density at radius 1 is 1.14 bits per heavy atom. The first-order valence-corrected chi connectivity index (χ1v) is 5.45. The van der Waals surface area contributed by atoms with Gasteiger partial charge >= 0.3 is 5.97 Å². The summed E-state index contributed by atoms with van der Waals surface area (Å²) in [5.74, 6) is 0.521. The van der Waals surface area contributed by atoms with Crippen molar-refractivity contribution in [2.75, 3.05) is 6.61 Å². The molecule has 3 nitrogen and oxygen atoms in total. The summed E-state index contributed by atoms with van der Waals surface area (Å²) in [7, 11) is 0. The Hall–Kier alpha value is -0.860. The summed E-state index contributed by atoms with van der Waals surface area (Å²) >= 11 is 0. The molecule has 2 atom stereocenters. The van der Waals surface area contributed by atoms with Crippen LogP contribution in [0.4, 0.5) is 0 Å².